The van der Waals surface area contributed by atoms with Crippen LogP contribution in [0.15, 0.2) is 0 Å². The zero-order valence-corrected chi connectivity index (χ0v) is 9.95. The SMILES string of the molecule is CNC1(CO)CCC(OC(C)COC)C1. The van der Waals surface area contributed by atoms with Crippen LogP contribution in [0.4, 0.5) is 0 Å². The summed E-state index contributed by atoms with van der Waals surface area (Å²) >= 11 is 0. The summed E-state index contributed by atoms with van der Waals surface area (Å²) in [5.74, 6) is 0. The fourth-order valence-electron chi connectivity index (χ4n) is 2.25. The normalized spacial score (nSPS) is 33.2. The molecule has 0 aromatic carbocycles. The molecule has 0 aromatic rings. The van der Waals surface area contributed by atoms with Gasteiger partial charge in [0.25, 0.3) is 0 Å². The standard InChI is InChI=1S/C11H23NO3/c1-9(7-14-3)15-10-4-5-11(6-10,8-13)12-2/h9-10,12-13H,4-8H2,1-3H3. The maximum absolute atomic E-state index is 9.33. The quantitative estimate of drug-likeness (QED) is 0.682. The number of likely N-dealkylation sites (N-methyl/N-ethyl adjacent to an activating group) is 1. The molecule has 0 radical (unpaired) electrons. The number of hydrogen-bond donors (Lipinski definition) is 2. The van der Waals surface area contributed by atoms with E-state index in [9.17, 15) is 5.11 Å². The number of ether oxygens (including phenoxy) is 2. The lowest BCUT2D eigenvalue weighted by atomic mass is 9.99. The fourth-order valence-corrected chi connectivity index (χ4v) is 2.25. The van der Waals surface area contributed by atoms with Gasteiger partial charge in [0.05, 0.1) is 25.4 Å². The second-order valence-electron chi connectivity index (χ2n) is 4.46. The highest BCUT2D eigenvalue weighted by atomic mass is 16.5. The molecule has 0 aliphatic heterocycles. The summed E-state index contributed by atoms with van der Waals surface area (Å²) in [6.07, 6.45) is 3.24. The molecular weight excluding hydrogens is 194 g/mol. The monoisotopic (exact) mass is 217 g/mol. The van der Waals surface area contributed by atoms with E-state index in [2.05, 4.69) is 5.32 Å². The Labute approximate surface area is 92.0 Å². The minimum Gasteiger partial charge on any atom is -0.394 e. The third-order valence-electron chi connectivity index (χ3n) is 3.22. The van der Waals surface area contributed by atoms with E-state index in [4.69, 9.17) is 9.47 Å². The van der Waals surface area contributed by atoms with Crippen LogP contribution < -0.4 is 5.32 Å². The molecule has 0 amide bonds. The van der Waals surface area contributed by atoms with Crippen molar-refractivity contribution in [2.24, 2.45) is 0 Å². The fraction of sp³-hybridized carbons (Fsp3) is 1.00. The molecule has 4 nitrogen and oxygen atoms in total. The van der Waals surface area contributed by atoms with E-state index in [1.807, 2.05) is 14.0 Å². The molecule has 0 saturated heterocycles. The van der Waals surface area contributed by atoms with Crippen LogP contribution in [0.5, 0.6) is 0 Å². The number of aliphatic hydroxyl groups is 1. The summed E-state index contributed by atoms with van der Waals surface area (Å²) in [5, 5.41) is 12.5. The Balaban J connectivity index is 2.35. The Morgan fingerprint density at radius 1 is 1.60 bits per heavy atom. The molecule has 2 N–H and O–H groups in total. The first-order chi connectivity index (χ1) is 7.15. The summed E-state index contributed by atoms with van der Waals surface area (Å²) in [6, 6.07) is 0. The van der Waals surface area contributed by atoms with Crippen molar-refractivity contribution in [3.8, 4) is 0 Å². The van der Waals surface area contributed by atoms with Gasteiger partial charge in [0, 0.05) is 12.6 Å². The highest BCUT2D eigenvalue weighted by Crippen LogP contribution is 2.31. The number of hydrogen-bond acceptors (Lipinski definition) is 4. The molecule has 90 valence electrons. The van der Waals surface area contributed by atoms with Crippen molar-refractivity contribution in [3.05, 3.63) is 0 Å². The van der Waals surface area contributed by atoms with E-state index >= 15 is 0 Å². The number of aliphatic hydroxyl groups excluding tert-OH is 1. The Morgan fingerprint density at radius 2 is 2.33 bits per heavy atom. The number of nitrogens with one attached hydrogen (secondary N) is 1. The van der Waals surface area contributed by atoms with Crippen molar-refractivity contribution < 1.29 is 14.6 Å². The molecule has 4 heteroatoms. The van der Waals surface area contributed by atoms with E-state index in [-0.39, 0.29) is 24.4 Å². The van der Waals surface area contributed by atoms with Gasteiger partial charge in [-0.1, -0.05) is 0 Å². The molecule has 1 rings (SSSR count). The first-order valence-electron chi connectivity index (χ1n) is 5.60. The van der Waals surface area contributed by atoms with Gasteiger partial charge in [0.2, 0.25) is 0 Å². The molecule has 0 heterocycles. The second kappa shape index (κ2) is 5.80. The van der Waals surface area contributed by atoms with Crippen LogP contribution in [0, 0.1) is 0 Å². The minimum absolute atomic E-state index is 0.128. The van der Waals surface area contributed by atoms with Crippen molar-refractivity contribution in [3.63, 3.8) is 0 Å². The van der Waals surface area contributed by atoms with Gasteiger partial charge in [0.15, 0.2) is 0 Å². The van der Waals surface area contributed by atoms with Gasteiger partial charge >= 0.3 is 0 Å². The number of methoxy groups -OCH3 is 1. The van der Waals surface area contributed by atoms with Gasteiger partial charge in [-0.3, -0.25) is 0 Å². The zero-order chi connectivity index (χ0) is 11.3. The van der Waals surface area contributed by atoms with Crippen LogP contribution in [-0.2, 0) is 9.47 Å². The number of rotatable bonds is 6. The van der Waals surface area contributed by atoms with Crippen molar-refractivity contribution in [1.82, 2.24) is 5.32 Å². The predicted molar refractivity (Wildman–Crippen MR) is 58.9 cm³/mol. The van der Waals surface area contributed by atoms with Crippen LogP contribution in [-0.4, -0.2) is 50.2 Å². The molecule has 1 saturated carbocycles. The highest BCUT2D eigenvalue weighted by molar-refractivity contribution is 4.95. The lowest BCUT2D eigenvalue weighted by Gasteiger charge is -2.26. The zero-order valence-electron chi connectivity index (χ0n) is 9.95. The van der Waals surface area contributed by atoms with E-state index in [0.717, 1.165) is 19.3 Å². The van der Waals surface area contributed by atoms with E-state index in [1.165, 1.54) is 0 Å². The van der Waals surface area contributed by atoms with Gasteiger partial charge in [-0.2, -0.15) is 0 Å². The molecule has 15 heavy (non-hydrogen) atoms. The average Bonchev–Trinajstić information content (AvgIpc) is 2.63. The molecule has 0 bridgehead atoms. The Bertz CT molecular complexity index is 183. The summed E-state index contributed by atoms with van der Waals surface area (Å²) < 4.78 is 10.9. The Hall–Kier alpha value is -0.160. The Morgan fingerprint density at radius 3 is 2.80 bits per heavy atom. The van der Waals surface area contributed by atoms with Crippen molar-refractivity contribution in [2.75, 3.05) is 27.4 Å². The predicted octanol–water partition coefficient (Wildman–Crippen LogP) is 0.541. The molecule has 1 fully saturated rings. The molecule has 1 aliphatic rings. The lowest BCUT2D eigenvalue weighted by molar-refractivity contribution is -0.0392. The second-order valence-corrected chi connectivity index (χ2v) is 4.46. The van der Waals surface area contributed by atoms with E-state index < -0.39 is 0 Å². The van der Waals surface area contributed by atoms with Crippen molar-refractivity contribution >= 4 is 0 Å². The average molecular weight is 217 g/mol. The van der Waals surface area contributed by atoms with Gasteiger partial charge in [-0.15, -0.1) is 0 Å². The topological polar surface area (TPSA) is 50.7 Å². The molecule has 3 unspecified atom stereocenters. The first kappa shape index (κ1) is 12.9. The first-order valence-corrected chi connectivity index (χ1v) is 5.60. The smallest absolute Gasteiger partial charge is 0.0784 e. The van der Waals surface area contributed by atoms with Gasteiger partial charge in [0.1, 0.15) is 0 Å². The third kappa shape index (κ3) is 3.41. The van der Waals surface area contributed by atoms with Crippen LogP contribution in [0.1, 0.15) is 26.2 Å². The minimum atomic E-state index is -0.128. The molecule has 3 atom stereocenters. The lowest BCUT2D eigenvalue weighted by Crippen LogP contribution is -2.44. The van der Waals surface area contributed by atoms with Gasteiger partial charge in [-0.05, 0) is 33.2 Å². The van der Waals surface area contributed by atoms with Crippen LogP contribution in [0.25, 0.3) is 0 Å². The van der Waals surface area contributed by atoms with Crippen molar-refractivity contribution in [1.29, 1.82) is 0 Å². The highest BCUT2D eigenvalue weighted by Gasteiger charge is 2.38. The van der Waals surface area contributed by atoms with Gasteiger partial charge in [-0.25, -0.2) is 0 Å². The molecule has 0 aromatic heterocycles. The summed E-state index contributed by atoms with van der Waals surface area (Å²) in [4.78, 5) is 0. The molecular formula is C11H23NO3. The summed E-state index contributed by atoms with van der Waals surface area (Å²) in [7, 11) is 3.58. The maximum atomic E-state index is 9.33. The summed E-state index contributed by atoms with van der Waals surface area (Å²) in [6.45, 7) is 2.83. The van der Waals surface area contributed by atoms with E-state index in [0.29, 0.717) is 6.61 Å². The van der Waals surface area contributed by atoms with Crippen molar-refractivity contribution in [2.45, 2.75) is 43.9 Å². The summed E-state index contributed by atoms with van der Waals surface area (Å²) in [5.41, 5.74) is -0.128. The van der Waals surface area contributed by atoms with Gasteiger partial charge < -0.3 is 19.9 Å². The largest absolute Gasteiger partial charge is 0.394 e. The maximum Gasteiger partial charge on any atom is 0.0784 e. The van der Waals surface area contributed by atoms with Crippen LogP contribution in [0.2, 0.25) is 0 Å². The Kier molecular flexibility index (Phi) is 4.99. The third-order valence-corrected chi connectivity index (χ3v) is 3.22. The van der Waals surface area contributed by atoms with Crippen LogP contribution >= 0.6 is 0 Å². The van der Waals surface area contributed by atoms with E-state index in [1.54, 1.807) is 7.11 Å². The van der Waals surface area contributed by atoms with Crippen LogP contribution in [0.3, 0.4) is 0 Å². The molecule has 1 aliphatic carbocycles. The molecule has 0 spiro atoms.